The molecule has 0 saturated carbocycles. The van der Waals surface area contributed by atoms with Crippen molar-refractivity contribution in [2.75, 3.05) is 11.9 Å². The van der Waals surface area contributed by atoms with Crippen LogP contribution in [-0.4, -0.2) is 26.4 Å². The Labute approximate surface area is 172 Å². The lowest BCUT2D eigenvalue weighted by atomic mass is 9.98. The van der Waals surface area contributed by atoms with Gasteiger partial charge >= 0.3 is 0 Å². The Hall–Kier alpha value is -1.96. The maximum absolute atomic E-state index is 13.7. The number of aromatic nitrogens is 1. The van der Waals surface area contributed by atoms with Crippen molar-refractivity contribution in [1.29, 1.82) is 0 Å². The maximum atomic E-state index is 13.7. The molecule has 147 valence electrons. The molecule has 1 amide bonds. The van der Waals surface area contributed by atoms with Crippen molar-refractivity contribution in [3.05, 3.63) is 63.2 Å². The third-order valence-electron chi connectivity index (χ3n) is 4.79. The lowest BCUT2D eigenvalue weighted by Crippen LogP contribution is -2.34. The Balaban J connectivity index is 2.34. The van der Waals surface area contributed by atoms with E-state index < -0.39 is 20.4 Å². The van der Waals surface area contributed by atoms with Crippen molar-refractivity contribution in [3.8, 4) is 0 Å². The van der Waals surface area contributed by atoms with Crippen LogP contribution in [-0.2, 0) is 19.4 Å². The Bertz CT molecular complexity index is 1140. The van der Waals surface area contributed by atoms with E-state index in [4.69, 9.17) is 23.2 Å². The molecule has 1 aliphatic rings. The zero-order valence-electron chi connectivity index (χ0n) is 15.5. The van der Waals surface area contributed by atoms with Crippen molar-refractivity contribution in [1.82, 2.24) is 4.98 Å². The minimum atomic E-state index is -4.02. The van der Waals surface area contributed by atoms with E-state index >= 15 is 0 Å². The molecule has 1 aliphatic heterocycles. The zero-order chi connectivity index (χ0) is 21.0. The van der Waals surface area contributed by atoms with Gasteiger partial charge in [-0.1, -0.05) is 29.3 Å². The van der Waals surface area contributed by atoms with Crippen LogP contribution in [0.25, 0.3) is 4.91 Å². The number of nitrogens with zero attached hydrogens (tertiary/aromatic N) is 2. The molecule has 28 heavy (non-hydrogen) atoms. The lowest BCUT2D eigenvalue weighted by Gasteiger charge is -2.32. The van der Waals surface area contributed by atoms with Gasteiger partial charge in [0.2, 0.25) is 5.91 Å². The molecule has 0 N–H and O–H groups in total. The smallest absolute Gasteiger partial charge is 0.223 e. The minimum absolute atomic E-state index is 0.00219. The average Bonchev–Trinajstić information content (AvgIpc) is 2.60. The van der Waals surface area contributed by atoms with E-state index in [-0.39, 0.29) is 43.4 Å². The number of carbonyl (C=O) groups is 1. The Morgan fingerprint density at radius 3 is 2.54 bits per heavy atom. The predicted molar refractivity (Wildman–Crippen MR) is 107 cm³/mol. The Kier molecular flexibility index (Phi) is 5.06. The van der Waals surface area contributed by atoms with E-state index in [9.17, 15) is 17.6 Å². The fourth-order valence-electron chi connectivity index (χ4n) is 2.97. The number of rotatable bonds is 2. The molecule has 1 aromatic carbocycles. The first-order chi connectivity index (χ1) is 12.9. The number of halogens is 3. The second kappa shape index (κ2) is 6.83. The Morgan fingerprint density at radius 1 is 1.29 bits per heavy atom. The van der Waals surface area contributed by atoms with Crippen molar-refractivity contribution >= 4 is 49.5 Å². The van der Waals surface area contributed by atoms with E-state index in [2.05, 4.69) is 11.1 Å². The van der Waals surface area contributed by atoms with Crippen molar-refractivity contribution in [2.24, 2.45) is 0 Å². The third kappa shape index (κ3) is 3.02. The van der Waals surface area contributed by atoms with E-state index in [1.807, 2.05) is 0 Å². The largest absolute Gasteiger partial charge is 0.313 e. The van der Waals surface area contributed by atoms with Gasteiger partial charge in [0, 0.05) is 31.2 Å². The van der Waals surface area contributed by atoms with Crippen LogP contribution in [0.4, 0.5) is 10.1 Å². The molecule has 0 aliphatic carbocycles. The molecule has 0 saturated heterocycles. The van der Waals surface area contributed by atoms with Crippen LogP contribution in [0.3, 0.4) is 0 Å². The summed E-state index contributed by atoms with van der Waals surface area (Å²) in [6.07, 6.45) is 3.76. The van der Waals surface area contributed by atoms with Crippen molar-refractivity contribution < 1.29 is 17.6 Å². The first kappa shape index (κ1) is 20.8. The van der Waals surface area contributed by atoms with Gasteiger partial charge in [-0.15, -0.1) is 0 Å². The van der Waals surface area contributed by atoms with E-state index in [0.29, 0.717) is 0 Å². The molecule has 0 atom stereocenters. The monoisotopic (exact) mass is 441 g/mol. The highest BCUT2D eigenvalue weighted by Crippen LogP contribution is 2.47. The summed E-state index contributed by atoms with van der Waals surface area (Å²) in [4.78, 5) is 16.8. The summed E-state index contributed by atoms with van der Waals surface area (Å²) in [7, 11) is -2.53. The lowest BCUT2D eigenvalue weighted by molar-refractivity contribution is -0.116. The number of hydrogen-bond acceptors (Lipinski definition) is 4. The number of anilines is 1. The summed E-state index contributed by atoms with van der Waals surface area (Å²) in [6.45, 7) is 4.27. The van der Waals surface area contributed by atoms with Gasteiger partial charge in [-0.2, -0.15) is 0 Å². The number of hydrogen-bond donors (Lipinski definition) is 0. The summed E-state index contributed by atoms with van der Waals surface area (Å²) in [5, 5.41) is 0.192. The molecule has 3 rings (SSSR count). The molecule has 1 radical (unpaired) electrons. The highest BCUT2D eigenvalue weighted by Gasteiger charge is 2.45. The second-order valence-corrected chi connectivity index (χ2v) is 10.1. The van der Waals surface area contributed by atoms with Gasteiger partial charge in [0.1, 0.15) is 5.82 Å². The zero-order valence-corrected chi connectivity index (χ0v) is 17.8. The Morgan fingerprint density at radius 2 is 1.93 bits per heavy atom. The molecule has 2 heterocycles. The second-order valence-electron chi connectivity index (χ2n) is 6.85. The van der Waals surface area contributed by atoms with E-state index in [0.717, 1.165) is 12.3 Å². The summed E-state index contributed by atoms with van der Waals surface area (Å²) >= 11 is 12.7. The first-order valence-corrected chi connectivity index (χ1v) is 10.4. The first-order valence-electron chi connectivity index (χ1n) is 8.17. The quantitative estimate of drug-likeness (QED) is 0.693. The molecule has 9 heteroatoms. The number of pyridine rings is 1. The fraction of sp³-hybridized carbons (Fsp3) is 0.263. The van der Waals surface area contributed by atoms with E-state index in [1.54, 1.807) is 0 Å². The number of carbonyl (C=O) groups excluding carboxylic acids is 1. The summed E-state index contributed by atoms with van der Waals surface area (Å²) < 4.78 is 38.9. The summed E-state index contributed by atoms with van der Waals surface area (Å²) in [5.41, 5.74) is 0.749. The van der Waals surface area contributed by atoms with Crippen LogP contribution >= 0.6 is 23.2 Å². The predicted octanol–water partition coefficient (Wildman–Crippen LogP) is 4.37. The highest BCUT2D eigenvalue weighted by molar-refractivity contribution is 8.01. The van der Waals surface area contributed by atoms with Gasteiger partial charge < -0.3 is 4.90 Å². The van der Waals surface area contributed by atoms with Gasteiger partial charge in [0.15, 0.2) is 9.84 Å². The number of fused-ring (bicyclic) bond motifs is 1. The van der Waals surface area contributed by atoms with Crippen molar-refractivity contribution in [2.45, 2.75) is 25.5 Å². The average molecular weight is 442 g/mol. The van der Waals surface area contributed by atoms with Gasteiger partial charge in [-0.3, -0.25) is 9.78 Å². The standard InChI is InChI=1S/C19H16Cl2FN2O3S/c1-10(25)24(4)18-14(20)6-5-12(17(18)21)16-8-15-13(7-11(22)9-23-15)19(2,3)28(16,26)27/h5-7,9H,1-4H3. The SMILES string of the molecule is CC(=O)N(C)c1c(Cl)ccc(C2=[C]c3ncc(F)cc3C(C)(C)S2(=O)=O)c1Cl. The molecule has 2 aromatic rings. The maximum Gasteiger partial charge on any atom is 0.223 e. The van der Waals surface area contributed by atoms with Crippen LogP contribution in [0, 0.1) is 11.9 Å². The molecule has 0 fully saturated rings. The van der Waals surface area contributed by atoms with Gasteiger partial charge in [-0.05, 0) is 26.0 Å². The highest BCUT2D eigenvalue weighted by atomic mass is 35.5. The normalized spacial score (nSPS) is 16.9. The van der Waals surface area contributed by atoms with Gasteiger partial charge in [-0.25, -0.2) is 12.8 Å². The number of sulfone groups is 1. The number of benzene rings is 1. The molecular formula is C19H16Cl2FN2O3S. The molecule has 0 unspecified atom stereocenters. The van der Waals surface area contributed by atoms with Crippen LogP contribution in [0.15, 0.2) is 24.4 Å². The van der Waals surface area contributed by atoms with Gasteiger partial charge in [0.25, 0.3) is 0 Å². The summed E-state index contributed by atoms with van der Waals surface area (Å²) in [5.74, 6) is -0.963. The van der Waals surface area contributed by atoms with Crippen LogP contribution in [0.2, 0.25) is 10.0 Å². The molecule has 0 spiro atoms. The van der Waals surface area contributed by atoms with Crippen molar-refractivity contribution in [3.63, 3.8) is 0 Å². The van der Waals surface area contributed by atoms with Crippen LogP contribution in [0.5, 0.6) is 0 Å². The fourth-order valence-corrected chi connectivity index (χ4v) is 5.39. The molecule has 1 aromatic heterocycles. The molecule has 0 bridgehead atoms. The third-order valence-corrected chi connectivity index (χ3v) is 7.91. The van der Waals surface area contributed by atoms with E-state index in [1.165, 1.54) is 44.9 Å². The summed E-state index contributed by atoms with van der Waals surface area (Å²) in [6, 6.07) is 4.05. The molecular weight excluding hydrogens is 426 g/mol. The molecule has 5 nitrogen and oxygen atoms in total. The number of amides is 1. The topological polar surface area (TPSA) is 67.3 Å². The minimum Gasteiger partial charge on any atom is -0.313 e. The van der Waals surface area contributed by atoms with Crippen LogP contribution < -0.4 is 4.90 Å². The van der Waals surface area contributed by atoms with Gasteiger partial charge in [0.05, 0.1) is 37.3 Å². The van der Waals surface area contributed by atoms with Crippen LogP contribution in [0.1, 0.15) is 37.6 Å².